The van der Waals surface area contributed by atoms with Crippen molar-refractivity contribution in [2.75, 3.05) is 6.54 Å². The highest BCUT2D eigenvalue weighted by Crippen LogP contribution is 1.98. The number of carbonyl (C=O) groups excluding carboxylic acids is 1. The van der Waals surface area contributed by atoms with Gasteiger partial charge in [0, 0.05) is 12.2 Å². The Hall–Kier alpha value is -2.43. The molecule has 0 atom stereocenters. The third-order valence-corrected chi connectivity index (χ3v) is 2.83. The van der Waals surface area contributed by atoms with E-state index in [-0.39, 0.29) is 6.03 Å². The Morgan fingerprint density at radius 2 is 1.95 bits per heavy atom. The zero-order chi connectivity index (χ0) is 14.2. The Labute approximate surface area is 118 Å². The molecular formula is C15H18N4O. The van der Waals surface area contributed by atoms with Crippen LogP contribution in [0.15, 0.2) is 42.7 Å². The first-order valence-electron chi connectivity index (χ1n) is 6.57. The van der Waals surface area contributed by atoms with Gasteiger partial charge in [0.15, 0.2) is 0 Å². The maximum absolute atomic E-state index is 11.6. The number of benzene rings is 1. The van der Waals surface area contributed by atoms with Crippen LogP contribution < -0.4 is 10.6 Å². The van der Waals surface area contributed by atoms with E-state index in [2.05, 4.69) is 20.6 Å². The molecule has 5 heteroatoms. The average Bonchev–Trinajstić information content (AvgIpc) is 2.46. The van der Waals surface area contributed by atoms with Gasteiger partial charge in [-0.15, -0.1) is 0 Å². The summed E-state index contributed by atoms with van der Waals surface area (Å²) in [5.74, 6) is 0. The summed E-state index contributed by atoms with van der Waals surface area (Å²) in [5.41, 5.74) is 2.90. The first kappa shape index (κ1) is 14.0. The van der Waals surface area contributed by atoms with E-state index in [0.29, 0.717) is 13.1 Å². The summed E-state index contributed by atoms with van der Waals surface area (Å²) < 4.78 is 0. The fraction of sp³-hybridized carbons (Fsp3) is 0.267. The highest BCUT2D eigenvalue weighted by Gasteiger charge is 2.01. The Morgan fingerprint density at radius 1 is 1.15 bits per heavy atom. The molecule has 20 heavy (non-hydrogen) atoms. The molecule has 2 N–H and O–H groups in total. The lowest BCUT2D eigenvalue weighted by molar-refractivity contribution is 0.240. The lowest BCUT2D eigenvalue weighted by Gasteiger charge is -2.07. The van der Waals surface area contributed by atoms with E-state index in [4.69, 9.17) is 0 Å². The van der Waals surface area contributed by atoms with Gasteiger partial charge in [-0.25, -0.2) is 14.8 Å². The lowest BCUT2D eigenvalue weighted by Crippen LogP contribution is -2.36. The minimum absolute atomic E-state index is 0.183. The second-order valence-corrected chi connectivity index (χ2v) is 4.50. The van der Waals surface area contributed by atoms with E-state index in [1.807, 2.05) is 43.3 Å². The molecule has 0 aliphatic rings. The van der Waals surface area contributed by atoms with E-state index in [9.17, 15) is 4.79 Å². The van der Waals surface area contributed by atoms with Crippen LogP contribution in [0.4, 0.5) is 4.79 Å². The zero-order valence-corrected chi connectivity index (χ0v) is 11.5. The summed E-state index contributed by atoms with van der Waals surface area (Å²) in [7, 11) is 0. The predicted octanol–water partition coefficient (Wildman–Crippen LogP) is 1.83. The van der Waals surface area contributed by atoms with Crippen LogP contribution in [0.5, 0.6) is 0 Å². The minimum Gasteiger partial charge on any atom is -0.338 e. The van der Waals surface area contributed by atoms with Crippen LogP contribution in [0.2, 0.25) is 0 Å². The van der Waals surface area contributed by atoms with Gasteiger partial charge in [0.05, 0.1) is 12.2 Å². The highest BCUT2D eigenvalue weighted by molar-refractivity contribution is 5.73. The van der Waals surface area contributed by atoms with E-state index in [1.165, 1.54) is 11.9 Å². The maximum Gasteiger partial charge on any atom is 0.315 e. The Bertz CT molecular complexity index is 557. The molecule has 1 heterocycles. The van der Waals surface area contributed by atoms with Gasteiger partial charge in [0.25, 0.3) is 0 Å². The van der Waals surface area contributed by atoms with Gasteiger partial charge in [0.2, 0.25) is 0 Å². The van der Waals surface area contributed by atoms with E-state index >= 15 is 0 Å². The van der Waals surface area contributed by atoms with Crippen LogP contribution in [0.1, 0.15) is 17.0 Å². The number of rotatable bonds is 5. The standard InChI is InChI=1S/C15H18N4O/c1-12-9-14(19-11-18-12)10-17-15(20)16-8-7-13-5-3-2-4-6-13/h2-6,9,11H,7-8,10H2,1H3,(H2,16,17,20). The van der Waals surface area contributed by atoms with Crippen LogP contribution in [0, 0.1) is 6.92 Å². The summed E-state index contributed by atoms with van der Waals surface area (Å²) in [4.78, 5) is 19.7. The first-order valence-corrected chi connectivity index (χ1v) is 6.57. The summed E-state index contributed by atoms with van der Waals surface area (Å²) in [6.07, 6.45) is 2.32. The summed E-state index contributed by atoms with van der Waals surface area (Å²) in [6.45, 7) is 2.91. The minimum atomic E-state index is -0.183. The quantitative estimate of drug-likeness (QED) is 0.871. The Balaban J connectivity index is 1.68. The maximum atomic E-state index is 11.6. The number of hydrogen-bond acceptors (Lipinski definition) is 3. The molecule has 0 aliphatic heterocycles. The fourth-order valence-corrected chi connectivity index (χ4v) is 1.80. The molecule has 0 saturated heterocycles. The number of urea groups is 1. The second-order valence-electron chi connectivity index (χ2n) is 4.50. The molecule has 1 aromatic heterocycles. The number of nitrogens with zero attached hydrogens (tertiary/aromatic N) is 2. The van der Waals surface area contributed by atoms with Gasteiger partial charge >= 0.3 is 6.03 Å². The smallest absolute Gasteiger partial charge is 0.315 e. The molecule has 2 aromatic rings. The van der Waals surface area contributed by atoms with Gasteiger partial charge in [0.1, 0.15) is 6.33 Å². The molecule has 1 aromatic carbocycles. The van der Waals surface area contributed by atoms with Gasteiger partial charge in [-0.1, -0.05) is 30.3 Å². The zero-order valence-electron chi connectivity index (χ0n) is 11.5. The lowest BCUT2D eigenvalue weighted by atomic mass is 10.1. The van der Waals surface area contributed by atoms with Crippen molar-refractivity contribution in [2.24, 2.45) is 0 Å². The van der Waals surface area contributed by atoms with Crippen molar-refractivity contribution >= 4 is 6.03 Å². The molecule has 0 aliphatic carbocycles. The van der Waals surface area contributed by atoms with Crippen LogP contribution in [-0.4, -0.2) is 22.5 Å². The molecule has 0 unspecified atom stereocenters. The summed E-state index contributed by atoms with van der Waals surface area (Å²) >= 11 is 0. The number of aromatic nitrogens is 2. The third-order valence-electron chi connectivity index (χ3n) is 2.83. The van der Waals surface area contributed by atoms with Crippen molar-refractivity contribution in [3.63, 3.8) is 0 Å². The first-order chi connectivity index (χ1) is 9.74. The van der Waals surface area contributed by atoms with Crippen molar-refractivity contribution < 1.29 is 4.79 Å². The normalized spacial score (nSPS) is 10.1. The van der Waals surface area contributed by atoms with Crippen LogP contribution in [0.3, 0.4) is 0 Å². The van der Waals surface area contributed by atoms with Crippen molar-refractivity contribution in [3.8, 4) is 0 Å². The average molecular weight is 270 g/mol. The molecule has 0 radical (unpaired) electrons. The summed E-state index contributed by atoms with van der Waals surface area (Å²) in [5, 5.41) is 5.59. The van der Waals surface area contributed by atoms with E-state index < -0.39 is 0 Å². The predicted molar refractivity (Wildman–Crippen MR) is 77.2 cm³/mol. The molecule has 0 bridgehead atoms. The highest BCUT2D eigenvalue weighted by atomic mass is 16.2. The van der Waals surface area contributed by atoms with Gasteiger partial charge < -0.3 is 10.6 Å². The van der Waals surface area contributed by atoms with Crippen LogP contribution in [0.25, 0.3) is 0 Å². The van der Waals surface area contributed by atoms with Crippen molar-refractivity contribution in [3.05, 3.63) is 59.7 Å². The number of carbonyl (C=O) groups is 1. The molecule has 0 spiro atoms. The largest absolute Gasteiger partial charge is 0.338 e. The van der Waals surface area contributed by atoms with Gasteiger partial charge in [-0.3, -0.25) is 0 Å². The summed E-state index contributed by atoms with van der Waals surface area (Å²) in [6, 6.07) is 11.7. The van der Waals surface area contributed by atoms with E-state index in [0.717, 1.165) is 17.8 Å². The van der Waals surface area contributed by atoms with Gasteiger partial charge in [-0.05, 0) is 25.0 Å². The topological polar surface area (TPSA) is 66.9 Å². The Kier molecular flexibility index (Phi) is 5.06. The SMILES string of the molecule is Cc1cc(CNC(=O)NCCc2ccccc2)ncn1. The fourth-order valence-electron chi connectivity index (χ4n) is 1.80. The number of hydrogen-bond donors (Lipinski definition) is 2. The van der Waals surface area contributed by atoms with Crippen LogP contribution in [-0.2, 0) is 13.0 Å². The van der Waals surface area contributed by atoms with Crippen LogP contribution >= 0.6 is 0 Å². The monoisotopic (exact) mass is 270 g/mol. The molecule has 2 rings (SSSR count). The third kappa shape index (κ3) is 4.68. The number of aryl methyl sites for hydroxylation is 1. The van der Waals surface area contributed by atoms with Crippen molar-refractivity contribution in [1.29, 1.82) is 0 Å². The molecule has 0 fully saturated rings. The molecule has 104 valence electrons. The Morgan fingerprint density at radius 3 is 2.70 bits per heavy atom. The van der Waals surface area contributed by atoms with E-state index in [1.54, 1.807) is 0 Å². The van der Waals surface area contributed by atoms with Crippen molar-refractivity contribution in [1.82, 2.24) is 20.6 Å². The molecule has 5 nitrogen and oxygen atoms in total. The molecule has 0 saturated carbocycles. The second kappa shape index (κ2) is 7.23. The molecular weight excluding hydrogens is 252 g/mol. The van der Waals surface area contributed by atoms with Gasteiger partial charge in [-0.2, -0.15) is 0 Å². The number of amides is 2. The number of nitrogens with one attached hydrogen (secondary N) is 2. The van der Waals surface area contributed by atoms with Crippen molar-refractivity contribution in [2.45, 2.75) is 19.9 Å². The molecule has 2 amide bonds.